The van der Waals surface area contributed by atoms with E-state index in [0.29, 0.717) is 0 Å². The second-order valence-corrected chi connectivity index (χ2v) is 7.27. The molecule has 0 aliphatic carbocycles. The van der Waals surface area contributed by atoms with Crippen molar-refractivity contribution < 1.29 is 21.5 Å². The highest BCUT2D eigenvalue weighted by atomic mass is 79.9. The molecule has 0 aromatic rings. The molecule has 128 valence electrons. The highest BCUT2D eigenvalue weighted by Gasteiger charge is 2.01. The number of halogens is 1. The molecule has 1 nitrogen and oxygen atoms in total. The van der Waals surface area contributed by atoms with Gasteiger partial charge in [-0.3, -0.25) is 0 Å². The quantitative estimate of drug-likeness (QED) is 0.253. The Hall–Kier alpha value is 0.180. The van der Waals surface area contributed by atoms with Crippen molar-refractivity contribution >= 4 is 0 Å². The molecule has 0 amide bonds. The van der Waals surface area contributed by atoms with E-state index in [2.05, 4.69) is 40.2 Å². The highest BCUT2D eigenvalue weighted by molar-refractivity contribution is 4.81. The molecule has 0 unspecified atom stereocenters. The Bertz CT molecular complexity index is 218. The lowest BCUT2D eigenvalue weighted by Gasteiger charge is -2.21. The zero-order valence-corrected chi connectivity index (χ0v) is 16.8. The zero-order chi connectivity index (χ0) is 15.1. The van der Waals surface area contributed by atoms with Crippen LogP contribution in [0.4, 0.5) is 0 Å². The van der Waals surface area contributed by atoms with Crippen LogP contribution in [0, 0.1) is 0 Å². The van der Waals surface area contributed by atoms with E-state index in [1.165, 1.54) is 77.0 Å². The van der Waals surface area contributed by atoms with Crippen LogP contribution in [-0.2, 0) is 0 Å². The summed E-state index contributed by atoms with van der Waals surface area (Å²) < 4.78 is 1.04. The number of rotatable bonds is 14. The highest BCUT2D eigenvalue weighted by Crippen LogP contribution is 2.12. The molecule has 0 heterocycles. The number of unbranched alkanes of at least 4 members (excludes halogenated alkanes) is 11. The van der Waals surface area contributed by atoms with Crippen molar-refractivity contribution in [2.45, 2.75) is 84.0 Å². The molecule has 2 heteroatoms. The van der Waals surface area contributed by atoms with Crippen molar-refractivity contribution in [2.24, 2.45) is 0 Å². The summed E-state index contributed by atoms with van der Waals surface area (Å²) in [4.78, 5) is 0. The topological polar surface area (TPSA) is 0 Å². The van der Waals surface area contributed by atoms with Gasteiger partial charge in [0.2, 0.25) is 0 Å². The van der Waals surface area contributed by atoms with E-state index in [0.717, 1.165) is 11.0 Å². The molecule has 0 rings (SSSR count). The van der Waals surface area contributed by atoms with Gasteiger partial charge < -0.3 is 21.5 Å². The number of allylic oxidation sites excluding steroid dienone is 1. The summed E-state index contributed by atoms with van der Waals surface area (Å²) in [5.74, 6) is 0. The Morgan fingerprint density at radius 2 is 1.05 bits per heavy atom. The average Bonchev–Trinajstić information content (AvgIpc) is 2.38. The summed E-state index contributed by atoms with van der Waals surface area (Å²) in [5.41, 5.74) is 0. The fraction of sp³-hybridized carbons (Fsp3) is 0.895. The molecule has 0 aliphatic heterocycles. The van der Waals surface area contributed by atoms with Gasteiger partial charge in [-0.1, -0.05) is 77.2 Å². The monoisotopic (exact) mass is 361 g/mol. The molecule has 0 aromatic carbocycles. The van der Waals surface area contributed by atoms with Gasteiger partial charge >= 0.3 is 0 Å². The Morgan fingerprint density at radius 3 is 1.48 bits per heavy atom. The lowest BCUT2D eigenvalue weighted by atomic mass is 10.1. The third-order valence-corrected chi connectivity index (χ3v) is 3.79. The first-order valence-electron chi connectivity index (χ1n) is 9.01. The zero-order valence-electron chi connectivity index (χ0n) is 15.2. The maximum Gasteiger partial charge on any atom is 0.0967 e. The summed E-state index contributed by atoms with van der Waals surface area (Å²) in [5, 5.41) is 0. The first-order valence-corrected chi connectivity index (χ1v) is 9.01. The van der Waals surface area contributed by atoms with Gasteiger partial charge in [0.05, 0.1) is 27.7 Å². The lowest BCUT2D eigenvalue weighted by molar-refractivity contribution is -0.864. The van der Waals surface area contributed by atoms with E-state index in [4.69, 9.17) is 0 Å². The van der Waals surface area contributed by atoms with Gasteiger partial charge in [-0.05, 0) is 18.9 Å². The van der Waals surface area contributed by atoms with Crippen LogP contribution in [0.1, 0.15) is 84.0 Å². The van der Waals surface area contributed by atoms with Crippen molar-refractivity contribution in [2.75, 3.05) is 27.7 Å². The van der Waals surface area contributed by atoms with E-state index in [9.17, 15) is 0 Å². The lowest BCUT2D eigenvalue weighted by Crippen LogP contribution is -3.00. The van der Waals surface area contributed by atoms with Crippen LogP contribution in [0.2, 0.25) is 0 Å². The van der Waals surface area contributed by atoms with Crippen LogP contribution >= 0.6 is 0 Å². The van der Waals surface area contributed by atoms with Gasteiger partial charge in [-0.2, -0.15) is 0 Å². The minimum Gasteiger partial charge on any atom is -1.00 e. The van der Waals surface area contributed by atoms with Crippen LogP contribution < -0.4 is 17.0 Å². The van der Waals surface area contributed by atoms with Crippen LogP contribution in [0.5, 0.6) is 0 Å². The van der Waals surface area contributed by atoms with Crippen molar-refractivity contribution in [1.29, 1.82) is 0 Å². The molecule has 0 N–H and O–H groups in total. The smallest absolute Gasteiger partial charge is 0.0967 e. The summed E-state index contributed by atoms with van der Waals surface area (Å²) in [7, 11) is 6.73. The van der Waals surface area contributed by atoms with E-state index in [1.54, 1.807) is 0 Å². The maximum absolute atomic E-state index is 2.37. The summed E-state index contributed by atoms with van der Waals surface area (Å²) in [6, 6.07) is 0. The molecule has 0 spiro atoms. The van der Waals surface area contributed by atoms with Gasteiger partial charge in [0.25, 0.3) is 0 Å². The van der Waals surface area contributed by atoms with Crippen molar-refractivity contribution in [3.8, 4) is 0 Å². The molecular formula is C19H40BrN. The van der Waals surface area contributed by atoms with E-state index in [1.807, 2.05) is 0 Å². The second kappa shape index (κ2) is 16.5. The number of quaternary nitrogens is 1. The van der Waals surface area contributed by atoms with Gasteiger partial charge in [0.15, 0.2) is 0 Å². The second-order valence-electron chi connectivity index (χ2n) is 7.27. The van der Waals surface area contributed by atoms with Crippen molar-refractivity contribution in [3.63, 3.8) is 0 Å². The van der Waals surface area contributed by atoms with E-state index in [-0.39, 0.29) is 17.0 Å². The fourth-order valence-electron chi connectivity index (χ4n) is 2.44. The molecule has 0 aromatic heterocycles. The van der Waals surface area contributed by atoms with Crippen molar-refractivity contribution in [3.05, 3.63) is 12.2 Å². The normalized spacial score (nSPS) is 11.8. The molecule has 0 radical (unpaired) electrons. The van der Waals surface area contributed by atoms with Gasteiger partial charge in [-0.25, -0.2) is 0 Å². The van der Waals surface area contributed by atoms with Gasteiger partial charge in [-0.15, -0.1) is 0 Å². The predicted molar refractivity (Wildman–Crippen MR) is 93.1 cm³/mol. The summed E-state index contributed by atoms with van der Waals surface area (Å²) in [6.45, 7) is 3.44. The molecule has 21 heavy (non-hydrogen) atoms. The first-order chi connectivity index (χ1) is 9.56. The Kier molecular flexibility index (Phi) is 18.5. The SMILES string of the molecule is CCCCCCCCCCCCC/C=C/C[N+](C)(C)C.[Br-]. The summed E-state index contributed by atoms with van der Waals surface area (Å²) in [6.07, 6.45) is 21.8. The number of nitrogens with zero attached hydrogens (tertiary/aromatic N) is 1. The maximum atomic E-state index is 2.37. The van der Waals surface area contributed by atoms with Crippen LogP contribution in [0.25, 0.3) is 0 Å². The Labute approximate surface area is 145 Å². The standard InChI is InChI=1S/C19H40N.BrH/c1-5-6-7-8-9-10-11-12-13-14-15-16-17-18-19-20(2,3)4;/h17-18H,5-16,19H2,1-4H3;1H/q+1;/p-1/b18-17+;. The Morgan fingerprint density at radius 1 is 0.619 bits per heavy atom. The predicted octanol–water partition coefficient (Wildman–Crippen LogP) is 2.95. The molecule has 0 saturated carbocycles. The van der Waals surface area contributed by atoms with Gasteiger partial charge in [0.1, 0.15) is 0 Å². The van der Waals surface area contributed by atoms with Crippen LogP contribution in [-0.4, -0.2) is 32.2 Å². The van der Waals surface area contributed by atoms with Crippen LogP contribution in [0.3, 0.4) is 0 Å². The molecule has 0 aliphatic rings. The van der Waals surface area contributed by atoms with Gasteiger partial charge in [0, 0.05) is 0 Å². The number of hydrogen-bond donors (Lipinski definition) is 0. The average molecular weight is 362 g/mol. The third-order valence-electron chi connectivity index (χ3n) is 3.79. The van der Waals surface area contributed by atoms with E-state index < -0.39 is 0 Å². The molecule has 0 bridgehead atoms. The largest absolute Gasteiger partial charge is 1.00 e. The Balaban J connectivity index is 0. The van der Waals surface area contributed by atoms with E-state index >= 15 is 0 Å². The minimum atomic E-state index is 0. The fourth-order valence-corrected chi connectivity index (χ4v) is 2.44. The molecule has 0 saturated heterocycles. The van der Waals surface area contributed by atoms with Crippen molar-refractivity contribution in [1.82, 2.24) is 0 Å². The molecule has 0 atom stereocenters. The molecule has 0 fully saturated rings. The number of likely N-dealkylation sites (N-methyl/N-ethyl adjacent to an activating group) is 1. The molecular weight excluding hydrogens is 322 g/mol. The minimum absolute atomic E-state index is 0. The summed E-state index contributed by atoms with van der Waals surface area (Å²) >= 11 is 0. The number of hydrogen-bond acceptors (Lipinski definition) is 0. The first kappa shape index (κ1) is 23.4. The third kappa shape index (κ3) is 22.6. The van der Waals surface area contributed by atoms with Crippen LogP contribution in [0.15, 0.2) is 12.2 Å².